The molecular formula is C23H24F4N+. The van der Waals surface area contributed by atoms with Crippen molar-refractivity contribution < 1.29 is 22.0 Å². The zero-order chi connectivity index (χ0) is 20.1. The third-order valence-electron chi connectivity index (χ3n) is 6.61. The molecule has 0 radical (unpaired) electrons. The van der Waals surface area contributed by atoms with Gasteiger partial charge in [-0.05, 0) is 46.9 Å². The van der Waals surface area contributed by atoms with Crippen LogP contribution < -0.4 is 0 Å². The molecule has 0 saturated carbocycles. The quantitative estimate of drug-likeness (QED) is 0.466. The molecule has 2 heterocycles. The fraction of sp³-hybridized carbons (Fsp3) is 0.391. The molecule has 2 aliphatic rings. The van der Waals surface area contributed by atoms with E-state index >= 15 is 0 Å². The second-order valence-electron chi connectivity index (χ2n) is 8.64. The molecule has 0 unspecified atom stereocenters. The van der Waals surface area contributed by atoms with E-state index in [1.54, 1.807) is 0 Å². The molecule has 2 aromatic carbocycles. The molecule has 28 heavy (non-hydrogen) atoms. The van der Waals surface area contributed by atoms with E-state index in [9.17, 15) is 17.6 Å². The largest absolute Gasteiger partial charge is 0.324 e. The summed E-state index contributed by atoms with van der Waals surface area (Å²) in [5.74, 6) is -2.63. The first-order valence-corrected chi connectivity index (χ1v) is 9.70. The minimum Gasteiger partial charge on any atom is -0.324 e. The molecule has 0 N–H and O–H groups in total. The third kappa shape index (κ3) is 3.60. The van der Waals surface area contributed by atoms with E-state index in [2.05, 4.69) is 14.1 Å². The Balaban J connectivity index is 1.78. The highest BCUT2D eigenvalue weighted by molar-refractivity contribution is 5.80. The van der Waals surface area contributed by atoms with Gasteiger partial charge in [0, 0.05) is 37.8 Å². The highest BCUT2D eigenvalue weighted by atomic mass is 19.1. The first-order chi connectivity index (χ1) is 13.2. The summed E-state index contributed by atoms with van der Waals surface area (Å²) in [7, 11) is 4.51. The average Bonchev–Trinajstić information content (AvgIpc) is 2.76. The van der Waals surface area contributed by atoms with Crippen molar-refractivity contribution >= 4 is 5.57 Å². The van der Waals surface area contributed by atoms with Gasteiger partial charge in [0.15, 0.2) is 0 Å². The monoisotopic (exact) mass is 390 g/mol. The Kier molecular flexibility index (Phi) is 4.82. The van der Waals surface area contributed by atoms with Gasteiger partial charge in [-0.1, -0.05) is 6.08 Å². The highest BCUT2D eigenvalue weighted by Gasteiger charge is 2.48. The van der Waals surface area contributed by atoms with Crippen LogP contribution in [0.5, 0.6) is 0 Å². The molecule has 2 bridgehead atoms. The SMILES string of the molecule is C[N+]1(C)[C@H]2CC[C@H]1CC(C=C(c1cc(F)cc(F)c1)c1cc(F)cc(F)c1)C2. The second-order valence-corrected chi connectivity index (χ2v) is 8.64. The summed E-state index contributed by atoms with van der Waals surface area (Å²) in [6.07, 6.45) is 6.22. The Morgan fingerprint density at radius 1 is 0.750 bits per heavy atom. The zero-order valence-corrected chi connectivity index (χ0v) is 16.1. The number of benzene rings is 2. The van der Waals surface area contributed by atoms with Gasteiger partial charge < -0.3 is 4.48 Å². The fourth-order valence-corrected chi connectivity index (χ4v) is 5.07. The van der Waals surface area contributed by atoms with Gasteiger partial charge in [-0.15, -0.1) is 0 Å². The molecule has 4 rings (SSSR count). The van der Waals surface area contributed by atoms with Gasteiger partial charge in [-0.2, -0.15) is 0 Å². The van der Waals surface area contributed by atoms with Gasteiger partial charge >= 0.3 is 0 Å². The predicted octanol–water partition coefficient (Wildman–Crippen LogP) is 5.69. The Labute approximate surface area is 162 Å². The molecule has 2 aromatic rings. The lowest BCUT2D eigenvalue weighted by Gasteiger charge is -2.44. The molecule has 2 aliphatic heterocycles. The Hall–Kier alpha value is -2.14. The maximum absolute atomic E-state index is 13.9. The molecule has 5 heteroatoms. The number of hydrogen-bond acceptors (Lipinski definition) is 0. The zero-order valence-electron chi connectivity index (χ0n) is 16.1. The molecule has 0 amide bonds. The van der Waals surface area contributed by atoms with Crippen molar-refractivity contribution in [2.75, 3.05) is 14.1 Å². The van der Waals surface area contributed by atoms with Crippen LogP contribution in [0.25, 0.3) is 5.57 Å². The number of quaternary nitrogens is 1. The minimum absolute atomic E-state index is 0.205. The number of fused-ring (bicyclic) bond motifs is 2. The van der Waals surface area contributed by atoms with Gasteiger partial charge in [0.1, 0.15) is 23.3 Å². The van der Waals surface area contributed by atoms with Crippen molar-refractivity contribution in [3.8, 4) is 0 Å². The van der Waals surface area contributed by atoms with E-state index in [-0.39, 0.29) is 5.92 Å². The average molecular weight is 390 g/mol. The number of nitrogens with zero attached hydrogens (tertiary/aromatic N) is 1. The molecule has 0 spiro atoms. The number of allylic oxidation sites excluding steroid dienone is 1. The lowest BCUT2D eigenvalue weighted by molar-refractivity contribution is -0.931. The second kappa shape index (κ2) is 7.03. The van der Waals surface area contributed by atoms with E-state index in [1.165, 1.54) is 37.1 Å². The van der Waals surface area contributed by atoms with Crippen molar-refractivity contribution in [3.05, 3.63) is 76.9 Å². The normalized spacial score (nSPS) is 25.6. The van der Waals surface area contributed by atoms with Crippen LogP contribution >= 0.6 is 0 Å². The minimum atomic E-state index is -0.709. The summed E-state index contributed by atoms with van der Waals surface area (Å²) in [5.41, 5.74) is 1.08. The third-order valence-corrected chi connectivity index (χ3v) is 6.61. The molecule has 2 fully saturated rings. The topological polar surface area (TPSA) is 0 Å². The van der Waals surface area contributed by atoms with Crippen molar-refractivity contribution in [1.29, 1.82) is 0 Å². The van der Waals surface area contributed by atoms with E-state index in [0.717, 1.165) is 29.5 Å². The summed E-state index contributed by atoms with van der Waals surface area (Å²) in [4.78, 5) is 0. The Morgan fingerprint density at radius 2 is 1.14 bits per heavy atom. The van der Waals surface area contributed by atoms with Crippen molar-refractivity contribution in [3.63, 3.8) is 0 Å². The molecular weight excluding hydrogens is 366 g/mol. The summed E-state index contributed by atoms with van der Waals surface area (Å²) in [6, 6.07) is 7.54. The Bertz CT molecular complexity index is 824. The molecule has 0 aliphatic carbocycles. The van der Waals surface area contributed by atoms with Crippen LogP contribution in [0.15, 0.2) is 42.5 Å². The van der Waals surface area contributed by atoms with Crippen molar-refractivity contribution in [2.45, 2.75) is 37.8 Å². The van der Waals surface area contributed by atoms with E-state index in [0.29, 0.717) is 28.8 Å². The summed E-state index contributed by atoms with van der Waals surface area (Å²) < 4.78 is 56.4. The van der Waals surface area contributed by atoms with Crippen LogP contribution in [-0.4, -0.2) is 30.7 Å². The maximum Gasteiger partial charge on any atom is 0.126 e. The number of piperidine rings is 1. The van der Waals surface area contributed by atoms with Gasteiger partial charge in [-0.25, -0.2) is 17.6 Å². The molecule has 0 aromatic heterocycles. The number of hydrogen-bond donors (Lipinski definition) is 0. The first-order valence-electron chi connectivity index (χ1n) is 9.70. The summed E-state index contributed by atoms with van der Waals surface area (Å²) in [6.45, 7) is 0. The number of halogens is 4. The number of rotatable bonds is 3. The van der Waals surface area contributed by atoms with Crippen LogP contribution in [0.3, 0.4) is 0 Å². The highest BCUT2D eigenvalue weighted by Crippen LogP contribution is 2.43. The summed E-state index contributed by atoms with van der Waals surface area (Å²) in [5, 5.41) is 0. The predicted molar refractivity (Wildman–Crippen MR) is 101 cm³/mol. The lowest BCUT2D eigenvalue weighted by atomic mass is 9.85. The fourth-order valence-electron chi connectivity index (χ4n) is 5.07. The Morgan fingerprint density at radius 3 is 1.54 bits per heavy atom. The van der Waals surface area contributed by atoms with Gasteiger partial charge in [-0.3, -0.25) is 0 Å². The van der Waals surface area contributed by atoms with Gasteiger partial charge in [0.2, 0.25) is 0 Å². The molecule has 1 nitrogen and oxygen atoms in total. The van der Waals surface area contributed by atoms with Crippen LogP contribution in [0.1, 0.15) is 36.8 Å². The summed E-state index contributed by atoms with van der Waals surface area (Å²) >= 11 is 0. The first kappa shape index (κ1) is 19.2. The van der Waals surface area contributed by atoms with Gasteiger partial charge in [0.05, 0.1) is 26.2 Å². The lowest BCUT2D eigenvalue weighted by Crippen LogP contribution is -2.54. The van der Waals surface area contributed by atoms with E-state index in [1.807, 2.05) is 6.08 Å². The van der Waals surface area contributed by atoms with Crippen LogP contribution in [0.2, 0.25) is 0 Å². The van der Waals surface area contributed by atoms with Crippen LogP contribution in [-0.2, 0) is 0 Å². The van der Waals surface area contributed by atoms with Crippen LogP contribution in [0, 0.1) is 29.2 Å². The molecule has 148 valence electrons. The maximum atomic E-state index is 13.9. The van der Waals surface area contributed by atoms with Crippen LogP contribution in [0.4, 0.5) is 17.6 Å². The van der Waals surface area contributed by atoms with Crippen molar-refractivity contribution in [1.82, 2.24) is 0 Å². The molecule has 2 saturated heterocycles. The smallest absolute Gasteiger partial charge is 0.126 e. The van der Waals surface area contributed by atoms with Gasteiger partial charge in [0.25, 0.3) is 0 Å². The van der Waals surface area contributed by atoms with E-state index < -0.39 is 23.3 Å². The standard InChI is InChI=1S/C23H24F4N/c1-28(2)21-3-4-22(28)6-14(5-21)7-23(15-8-17(24)12-18(25)9-15)16-10-19(26)13-20(27)11-16/h7-14,21-22H,3-6H2,1-2H3/q+1/t21-,22-/m0/s1. The molecule has 2 atom stereocenters. The van der Waals surface area contributed by atoms with Crippen molar-refractivity contribution in [2.24, 2.45) is 5.92 Å². The van der Waals surface area contributed by atoms with E-state index in [4.69, 9.17) is 0 Å².